The van der Waals surface area contributed by atoms with Gasteiger partial charge in [-0.15, -0.1) is 0 Å². The van der Waals surface area contributed by atoms with E-state index in [1.807, 2.05) is 6.07 Å². The molecule has 0 saturated carbocycles. The number of rotatable bonds is 2. The van der Waals surface area contributed by atoms with Gasteiger partial charge in [0.25, 0.3) is 0 Å². The van der Waals surface area contributed by atoms with Crippen molar-refractivity contribution in [2.75, 3.05) is 0 Å². The Balaban J connectivity index is 2.55. The fourth-order valence-electron chi connectivity index (χ4n) is 1.48. The zero-order valence-corrected chi connectivity index (χ0v) is 8.73. The first kappa shape index (κ1) is 10.2. The predicted molar refractivity (Wildman–Crippen MR) is 60.3 cm³/mol. The van der Waals surface area contributed by atoms with E-state index in [-0.39, 0.29) is 5.56 Å². The molecule has 2 rings (SSSR count). The van der Waals surface area contributed by atoms with Gasteiger partial charge in [0.05, 0.1) is 5.52 Å². The van der Waals surface area contributed by atoms with E-state index in [9.17, 15) is 4.79 Å². The molecule has 2 aromatic rings. The normalized spacial score (nSPS) is 12.0. The molecule has 1 N–H and O–H groups in total. The van der Waals surface area contributed by atoms with Crippen molar-refractivity contribution in [1.82, 2.24) is 4.98 Å². The van der Waals surface area contributed by atoms with Crippen LogP contribution in [0, 0.1) is 11.3 Å². The molecular formula is C12H10N2O2. The molecule has 4 heteroatoms. The molecule has 1 aromatic heterocycles. The maximum absolute atomic E-state index is 11.1. The highest BCUT2D eigenvalue weighted by Crippen LogP contribution is 2.23. The molecule has 0 bridgehead atoms. The van der Waals surface area contributed by atoms with Crippen LogP contribution in [0.5, 0.6) is 5.75 Å². The lowest BCUT2D eigenvalue weighted by molar-refractivity contribution is 0.280. The van der Waals surface area contributed by atoms with E-state index in [1.165, 1.54) is 6.07 Å². The summed E-state index contributed by atoms with van der Waals surface area (Å²) in [6, 6.07) is 10.5. The second-order valence-corrected chi connectivity index (χ2v) is 3.43. The molecule has 0 aliphatic heterocycles. The Morgan fingerprint density at radius 3 is 2.94 bits per heavy atom. The quantitative estimate of drug-likeness (QED) is 0.829. The largest absolute Gasteiger partial charge is 0.475 e. The van der Waals surface area contributed by atoms with Crippen LogP contribution in [0.15, 0.2) is 35.1 Å². The van der Waals surface area contributed by atoms with Gasteiger partial charge in [0.15, 0.2) is 6.10 Å². The van der Waals surface area contributed by atoms with Gasteiger partial charge in [0.2, 0.25) is 5.56 Å². The van der Waals surface area contributed by atoms with Gasteiger partial charge in [0.1, 0.15) is 11.8 Å². The number of hydrogen-bond acceptors (Lipinski definition) is 3. The standard InChI is InChI=1S/C12H10N2O2/c1-8(7-13)16-11-4-2-3-10-9(11)5-6-12(15)14-10/h2-6,8H,1H3,(H,14,15). The first-order valence-corrected chi connectivity index (χ1v) is 4.89. The Labute approximate surface area is 92.1 Å². The van der Waals surface area contributed by atoms with Gasteiger partial charge in [-0.2, -0.15) is 5.26 Å². The third kappa shape index (κ3) is 1.89. The summed E-state index contributed by atoms with van der Waals surface area (Å²) in [5.41, 5.74) is 0.549. The van der Waals surface area contributed by atoms with E-state index >= 15 is 0 Å². The lowest BCUT2D eigenvalue weighted by atomic mass is 10.2. The fourth-order valence-corrected chi connectivity index (χ4v) is 1.48. The Kier molecular flexibility index (Phi) is 2.61. The summed E-state index contributed by atoms with van der Waals surface area (Å²) in [5.74, 6) is 0.600. The van der Waals surface area contributed by atoms with E-state index in [4.69, 9.17) is 10.00 Å². The Hall–Kier alpha value is -2.28. The van der Waals surface area contributed by atoms with Crippen molar-refractivity contribution in [1.29, 1.82) is 5.26 Å². The van der Waals surface area contributed by atoms with Gasteiger partial charge >= 0.3 is 0 Å². The number of nitrogens with zero attached hydrogens (tertiary/aromatic N) is 1. The zero-order chi connectivity index (χ0) is 11.5. The SMILES string of the molecule is CC(C#N)Oc1cccc2[nH]c(=O)ccc12. The second-order valence-electron chi connectivity index (χ2n) is 3.43. The second kappa shape index (κ2) is 4.07. The van der Waals surface area contributed by atoms with E-state index in [2.05, 4.69) is 4.98 Å². The number of aromatic amines is 1. The van der Waals surface area contributed by atoms with Crippen LogP contribution in [0.1, 0.15) is 6.92 Å². The minimum atomic E-state index is -0.516. The third-order valence-corrected chi connectivity index (χ3v) is 2.21. The van der Waals surface area contributed by atoms with Crippen LogP contribution in [-0.4, -0.2) is 11.1 Å². The average molecular weight is 214 g/mol. The maximum atomic E-state index is 11.1. The molecule has 80 valence electrons. The molecule has 0 saturated heterocycles. The number of benzene rings is 1. The number of nitriles is 1. The van der Waals surface area contributed by atoms with Crippen molar-refractivity contribution in [3.8, 4) is 11.8 Å². The van der Waals surface area contributed by atoms with Gasteiger partial charge in [-0.3, -0.25) is 4.79 Å². The van der Waals surface area contributed by atoms with Crippen molar-refractivity contribution < 1.29 is 4.74 Å². The molecular weight excluding hydrogens is 204 g/mol. The smallest absolute Gasteiger partial charge is 0.248 e. The summed E-state index contributed by atoms with van der Waals surface area (Å²) in [6.45, 7) is 1.67. The first-order valence-electron chi connectivity index (χ1n) is 4.89. The highest BCUT2D eigenvalue weighted by Gasteiger charge is 2.06. The van der Waals surface area contributed by atoms with Crippen LogP contribution in [-0.2, 0) is 0 Å². The van der Waals surface area contributed by atoms with Gasteiger partial charge < -0.3 is 9.72 Å². The average Bonchev–Trinajstić information content (AvgIpc) is 2.28. The summed E-state index contributed by atoms with van der Waals surface area (Å²) in [4.78, 5) is 13.8. The summed E-state index contributed by atoms with van der Waals surface area (Å²) < 4.78 is 5.43. The van der Waals surface area contributed by atoms with Crippen LogP contribution in [0.25, 0.3) is 10.9 Å². The van der Waals surface area contributed by atoms with Crippen molar-refractivity contribution >= 4 is 10.9 Å². The van der Waals surface area contributed by atoms with E-state index in [0.717, 1.165) is 5.39 Å². The molecule has 0 fully saturated rings. The minimum Gasteiger partial charge on any atom is -0.475 e. The van der Waals surface area contributed by atoms with E-state index in [0.29, 0.717) is 11.3 Å². The molecule has 1 atom stereocenters. The molecule has 1 heterocycles. The summed E-state index contributed by atoms with van der Waals surface area (Å²) in [6.07, 6.45) is -0.516. The summed E-state index contributed by atoms with van der Waals surface area (Å²) in [5, 5.41) is 9.48. The lowest BCUT2D eigenvalue weighted by Gasteiger charge is -2.09. The van der Waals surface area contributed by atoms with Gasteiger partial charge in [-0.05, 0) is 25.1 Å². The monoisotopic (exact) mass is 214 g/mol. The minimum absolute atomic E-state index is 0.155. The molecule has 0 spiro atoms. The number of nitrogens with one attached hydrogen (secondary N) is 1. The molecule has 0 aliphatic carbocycles. The van der Waals surface area contributed by atoms with Crippen molar-refractivity contribution in [2.24, 2.45) is 0 Å². The Morgan fingerprint density at radius 1 is 1.38 bits per heavy atom. The fraction of sp³-hybridized carbons (Fsp3) is 0.167. The predicted octanol–water partition coefficient (Wildman–Crippen LogP) is 1.82. The highest BCUT2D eigenvalue weighted by molar-refractivity contribution is 5.84. The van der Waals surface area contributed by atoms with E-state index < -0.39 is 6.10 Å². The molecule has 1 aromatic carbocycles. The number of aromatic nitrogens is 1. The van der Waals surface area contributed by atoms with Crippen LogP contribution in [0.4, 0.5) is 0 Å². The Bertz CT molecular complexity index is 610. The highest BCUT2D eigenvalue weighted by atomic mass is 16.5. The van der Waals surface area contributed by atoms with Crippen LogP contribution < -0.4 is 10.3 Å². The third-order valence-electron chi connectivity index (χ3n) is 2.21. The topological polar surface area (TPSA) is 65.9 Å². The number of hydrogen-bond donors (Lipinski definition) is 1. The van der Waals surface area contributed by atoms with Crippen molar-refractivity contribution in [3.63, 3.8) is 0 Å². The van der Waals surface area contributed by atoms with Gasteiger partial charge in [-0.1, -0.05) is 6.07 Å². The first-order chi connectivity index (χ1) is 7.70. The molecule has 16 heavy (non-hydrogen) atoms. The maximum Gasteiger partial charge on any atom is 0.248 e. The number of H-pyrrole nitrogens is 1. The van der Waals surface area contributed by atoms with Gasteiger partial charge in [0, 0.05) is 11.5 Å². The Morgan fingerprint density at radius 2 is 2.19 bits per heavy atom. The molecule has 0 aliphatic rings. The molecule has 1 unspecified atom stereocenters. The van der Waals surface area contributed by atoms with Crippen LogP contribution >= 0.6 is 0 Å². The van der Waals surface area contributed by atoms with Crippen molar-refractivity contribution in [2.45, 2.75) is 13.0 Å². The van der Waals surface area contributed by atoms with E-state index in [1.54, 1.807) is 31.2 Å². The summed E-state index contributed by atoms with van der Waals surface area (Å²) >= 11 is 0. The molecule has 0 radical (unpaired) electrons. The number of ether oxygens (including phenoxy) is 1. The number of fused-ring (bicyclic) bond motifs is 1. The number of pyridine rings is 1. The molecule has 0 amide bonds. The molecule has 4 nitrogen and oxygen atoms in total. The van der Waals surface area contributed by atoms with Crippen LogP contribution in [0.3, 0.4) is 0 Å². The van der Waals surface area contributed by atoms with Gasteiger partial charge in [-0.25, -0.2) is 0 Å². The zero-order valence-electron chi connectivity index (χ0n) is 8.73. The lowest BCUT2D eigenvalue weighted by Crippen LogP contribution is -2.09. The van der Waals surface area contributed by atoms with Crippen LogP contribution in [0.2, 0.25) is 0 Å². The van der Waals surface area contributed by atoms with Crippen molar-refractivity contribution in [3.05, 3.63) is 40.7 Å². The summed E-state index contributed by atoms with van der Waals surface area (Å²) in [7, 11) is 0.